The molecule has 1 aromatic heterocycles. The Kier molecular flexibility index (Phi) is 4.41. The van der Waals surface area contributed by atoms with Crippen LogP contribution in [0.4, 0.5) is 14.5 Å². The first-order valence-electron chi connectivity index (χ1n) is 8.31. The van der Waals surface area contributed by atoms with E-state index in [1.165, 1.54) is 18.2 Å². The van der Waals surface area contributed by atoms with E-state index in [0.29, 0.717) is 10.9 Å². The van der Waals surface area contributed by atoms with E-state index in [0.717, 1.165) is 16.4 Å². The number of carbonyl (C=O) groups excluding carboxylic acids is 1. The van der Waals surface area contributed by atoms with Gasteiger partial charge in [-0.2, -0.15) is 4.31 Å². The summed E-state index contributed by atoms with van der Waals surface area (Å²) in [5.74, 6) is -2.83. The molecule has 1 aliphatic rings. The Hall–Kier alpha value is -2.82. The first kappa shape index (κ1) is 18.5. The van der Waals surface area contributed by atoms with Gasteiger partial charge in [-0.3, -0.25) is 4.79 Å². The molecule has 2 heterocycles. The summed E-state index contributed by atoms with van der Waals surface area (Å²) in [7, 11) is -3.88. The molecule has 0 saturated carbocycles. The van der Waals surface area contributed by atoms with Crippen molar-refractivity contribution in [2.45, 2.75) is 11.0 Å². The Morgan fingerprint density at radius 2 is 1.89 bits per heavy atom. The SMILES string of the molecule is O=C(Nc1ccc(F)c(F)c1)c1cc(S(=O)(=O)N2CC(O)C2)cc2[nH]ccc12. The number of aliphatic hydroxyl groups is 1. The van der Waals surface area contributed by atoms with Crippen LogP contribution in [0.15, 0.2) is 47.5 Å². The second kappa shape index (κ2) is 6.66. The Bertz CT molecular complexity index is 1190. The molecule has 1 amide bonds. The highest BCUT2D eigenvalue weighted by Gasteiger charge is 2.36. The molecular weight excluding hydrogens is 392 g/mol. The van der Waals surface area contributed by atoms with Crippen LogP contribution in [0.2, 0.25) is 0 Å². The fraction of sp³-hybridized carbons (Fsp3) is 0.167. The average molecular weight is 407 g/mol. The molecule has 0 radical (unpaired) electrons. The largest absolute Gasteiger partial charge is 0.390 e. The summed E-state index contributed by atoms with van der Waals surface area (Å²) >= 11 is 0. The lowest BCUT2D eigenvalue weighted by Crippen LogP contribution is -2.53. The highest BCUT2D eigenvalue weighted by Crippen LogP contribution is 2.28. The van der Waals surface area contributed by atoms with Crippen molar-refractivity contribution in [1.82, 2.24) is 9.29 Å². The molecule has 0 atom stereocenters. The van der Waals surface area contributed by atoms with Gasteiger partial charge in [-0.15, -0.1) is 0 Å². The Morgan fingerprint density at radius 3 is 2.57 bits per heavy atom. The summed E-state index contributed by atoms with van der Waals surface area (Å²) in [5, 5.41) is 12.3. The third-order valence-corrected chi connectivity index (χ3v) is 6.34. The molecule has 4 rings (SSSR count). The maximum absolute atomic E-state index is 13.4. The van der Waals surface area contributed by atoms with Crippen LogP contribution in [0, 0.1) is 11.6 Å². The minimum atomic E-state index is -3.88. The van der Waals surface area contributed by atoms with Crippen molar-refractivity contribution in [3.63, 3.8) is 0 Å². The predicted octanol–water partition coefficient (Wildman–Crippen LogP) is 2.06. The molecule has 1 fully saturated rings. The number of fused-ring (bicyclic) bond motifs is 1. The summed E-state index contributed by atoms with van der Waals surface area (Å²) in [6.07, 6.45) is 0.850. The zero-order chi connectivity index (χ0) is 20.1. The fourth-order valence-corrected chi connectivity index (χ4v) is 4.58. The number of benzene rings is 2. The van der Waals surface area contributed by atoms with E-state index in [9.17, 15) is 27.1 Å². The molecule has 1 aliphatic heterocycles. The smallest absolute Gasteiger partial charge is 0.256 e. The molecule has 146 valence electrons. The number of rotatable bonds is 4. The van der Waals surface area contributed by atoms with Gasteiger partial charge >= 0.3 is 0 Å². The number of aromatic nitrogens is 1. The number of hydrogen-bond donors (Lipinski definition) is 3. The maximum atomic E-state index is 13.4. The zero-order valence-electron chi connectivity index (χ0n) is 14.3. The van der Waals surface area contributed by atoms with Gasteiger partial charge in [0, 0.05) is 41.9 Å². The van der Waals surface area contributed by atoms with Crippen molar-refractivity contribution in [1.29, 1.82) is 0 Å². The summed E-state index contributed by atoms with van der Waals surface area (Å²) in [5.41, 5.74) is 0.521. The van der Waals surface area contributed by atoms with E-state index in [1.54, 1.807) is 12.3 Å². The number of aliphatic hydroxyl groups excluding tert-OH is 1. The highest BCUT2D eigenvalue weighted by molar-refractivity contribution is 7.89. The van der Waals surface area contributed by atoms with Crippen LogP contribution in [0.5, 0.6) is 0 Å². The number of carbonyl (C=O) groups is 1. The molecule has 7 nitrogen and oxygen atoms in total. The van der Waals surface area contributed by atoms with Crippen molar-refractivity contribution < 1.29 is 27.1 Å². The zero-order valence-corrected chi connectivity index (χ0v) is 15.1. The molecule has 10 heteroatoms. The van der Waals surface area contributed by atoms with Gasteiger partial charge in [-0.1, -0.05) is 0 Å². The average Bonchev–Trinajstić information content (AvgIpc) is 3.09. The minimum Gasteiger partial charge on any atom is -0.390 e. The van der Waals surface area contributed by atoms with Crippen molar-refractivity contribution in [2.75, 3.05) is 18.4 Å². The monoisotopic (exact) mass is 407 g/mol. The highest BCUT2D eigenvalue weighted by atomic mass is 32.2. The van der Waals surface area contributed by atoms with Crippen LogP contribution in [0.3, 0.4) is 0 Å². The van der Waals surface area contributed by atoms with Crippen LogP contribution >= 0.6 is 0 Å². The normalized spacial score (nSPS) is 15.5. The van der Waals surface area contributed by atoms with Gasteiger partial charge in [0.25, 0.3) is 5.91 Å². The van der Waals surface area contributed by atoms with Crippen LogP contribution in [0.1, 0.15) is 10.4 Å². The number of nitrogens with zero attached hydrogens (tertiary/aromatic N) is 1. The van der Waals surface area contributed by atoms with Gasteiger partial charge in [0.2, 0.25) is 10.0 Å². The lowest BCUT2D eigenvalue weighted by atomic mass is 10.1. The van der Waals surface area contributed by atoms with Crippen LogP contribution < -0.4 is 5.32 Å². The molecule has 28 heavy (non-hydrogen) atoms. The maximum Gasteiger partial charge on any atom is 0.256 e. The molecule has 0 spiro atoms. The van der Waals surface area contributed by atoms with Gasteiger partial charge in [-0.05, 0) is 30.3 Å². The Morgan fingerprint density at radius 1 is 1.14 bits per heavy atom. The van der Waals surface area contributed by atoms with E-state index >= 15 is 0 Å². The molecule has 2 aromatic carbocycles. The number of amides is 1. The lowest BCUT2D eigenvalue weighted by Gasteiger charge is -2.34. The third kappa shape index (κ3) is 3.15. The van der Waals surface area contributed by atoms with Gasteiger partial charge in [-0.25, -0.2) is 17.2 Å². The predicted molar refractivity (Wildman–Crippen MR) is 97.4 cm³/mol. The molecule has 3 aromatic rings. The van der Waals surface area contributed by atoms with Gasteiger partial charge in [0.05, 0.1) is 16.6 Å². The summed E-state index contributed by atoms with van der Waals surface area (Å²) in [6, 6.07) is 7.16. The van der Waals surface area contributed by atoms with Gasteiger partial charge < -0.3 is 15.4 Å². The standard InChI is InChI=1S/C18H15F2N3O4S/c19-15-2-1-10(5-16(15)20)22-18(25)14-6-12(7-17-13(14)3-4-21-17)28(26,27)23-8-11(24)9-23/h1-7,11,21,24H,8-9H2,(H,22,25). The topological polar surface area (TPSA) is 102 Å². The van der Waals surface area contributed by atoms with E-state index < -0.39 is 33.7 Å². The Balaban J connectivity index is 1.72. The van der Waals surface area contributed by atoms with Crippen molar-refractivity contribution in [2.24, 2.45) is 0 Å². The van der Waals surface area contributed by atoms with E-state index in [1.807, 2.05) is 0 Å². The second-order valence-electron chi connectivity index (χ2n) is 6.47. The van der Waals surface area contributed by atoms with Crippen LogP contribution in [-0.2, 0) is 10.0 Å². The van der Waals surface area contributed by atoms with Crippen LogP contribution in [-0.4, -0.2) is 47.9 Å². The van der Waals surface area contributed by atoms with E-state index in [2.05, 4.69) is 10.3 Å². The quantitative estimate of drug-likeness (QED) is 0.616. The minimum absolute atomic E-state index is 0.0124. The number of nitrogens with one attached hydrogen (secondary N) is 2. The van der Waals surface area contributed by atoms with Crippen molar-refractivity contribution in [3.05, 3.63) is 59.8 Å². The lowest BCUT2D eigenvalue weighted by molar-refractivity contribution is 0.0548. The molecule has 0 aliphatic carbocycles. The second-order valence-corrected chi connectivity index (χ2v) is 8.41. The number of halogens is 2. The molecule has 0 bridgehead atoms. The number of aromatic amines is 1. The van der Waals surface area contributed by atoms with Gasteiger partial charge in [0.1, 0.15) is 0 Å². The third-order valence-electron chi connectivity index (χ3n) is 4.53. The first-order valence-corrected chi connectivity index (χ1v) is 9.75. The number of hydrogen-bond acceptors (Lipinski definition) is 4. The fourth-order valence-electron chi connectivity index (χ4n) is 3.01. The molecule has 1 saturated heterocycles. The number of anilines is 1. The molecular formula is C18H15F2N3O4S. The molecule has 3 N–H and O–H groups in total. The van der Waals surface area contributed by atoms with E-state index in [-0.39, 0.29) is 29.2 Å². The van der Waals surface area contributed by atoms with Crippen molar-refractivity contribution >= 4 is 32.5 Å². The first-order chi connectivity index (χ1) is 13.3. The number of sulfonamides is 1. The Labute approximate surface area is 158 Å². The number of H-pyrrole nitrogens is 1. The van der Waals surface area contributed by atoms with Crippen LogP contribution in [0.25, 0.3) is 10.9 Å². The molecule has 0 unspecified atom stereocenters. The van der Waals surface area contributed by atoms with Crippen molar-refractivity contribution in [3.8, 4) is 0 Å². The summed E-state index contributed by atoms with van der Waals surface area (Å²) < 4.78 is 53.0. The van der Waals surface area contributed by atoms with E-state index in [4.69, 9.17) is 0 Å². The van der Waals surface area contributed by atoms with Gasteiger partial charge in [0.15, 0.2) is 11.6 Å². The summed E-state index contributed by atoms with van der Waals surface area (Å²) in [4.78, 5) is 15.5. The summed E-state index contributed by atoms with van der Waals surface area (Å²) in [6.45, 7) is -0.0248. The number of β-amino-alcohol motifs (C(OH)–C–C–N with tert-alkyl or cyclic N) is 1.